The van der Waals surface area contributed by atoms with E-state index in [-0.39, 0.29) is 0 Å². The summed E-state index contributed by atoms with van der Waals surface area (Å²) in [5, 5.41) is 6.96. The van der Waals surface area contributed by atoms with E-state index in [4.69, 9.17) is 5.73 Å². The zero-order valence-electron chi connectivity index (χ0n) is 12.1. The van der Waals surface area contributed by atoms with E-state index in [0.717, 1.165) is 38.8 Å². The molecule has 5 nitrogen and oxygen atoms in total. The van der Waals surface area contributed by atoms with Crippen molar-refractivity contribution in [2.45, 2.75) is 51.4 Å². The minimum absolute atomic E-state index is 0.310. The molecular weight excluding hydrogens is 283 g/mol. The standard InChI is InChI=1S/C13H22F3N5/c14-13(15,16)12-19-18-11-10-20(8-9-21(11)12)7-5-3-1-2-4-6-17/h1-10,17H2. The molecule has 0 unspecified atom stereocenters. The highest BCUT2D eigenvalue weighted by Crippen LogP contribution is 2.29. The molecule has 0 saturated heterocycles. The van der Waals surface area contributed by atoms with Crippen LogP contribution < -0.4 is 5.73 Å². The molecular formula is C13H22F3N5. The molecule has 21 heavy (non-hydrogen) atoms. The van der Waals surface area contributed by atoms with Crippen LogP contribution in [0.15, 0.2) is 0 Å². The molecule has 0 radical (unpaired) electrons. The van der Waals surface area contributed by atoms with Gasteiger partial charge in [-0.15, -0.1) is 10.2 Å². The second-order valence-electron chi connectivity index (χ2n) is 5.42. The van der Waals surface area contributed by atoms with E-state index in [1.54, 1.807) is 0 Å². The number of nitrogens with two attached hydrogens (primary N) is 1. The first-order valence-electron chi connectivity index (χ1n) is 7.44. The Morgan fingerprint density at radius 3 is 2.43 bits per heavy atom. The van der Waals surface area contributed by atoms with Crippen LogP contribution in [0.3, 0.4) is 0 Å². The second-order valence-corrected chi connectivity index (χ2v) is 5.42. The van der Waals surface area contributed by atoms with Crippen molar-refractivity contribution in [2.24, 2.45) is 5.73 Å². The van der Waals surface area contributed by atoms with Crippen LogP contribution in [0.4, 0.5) is 13.2 Å². The molecule has 1 aliphatic rings. The van der Waals surface area contributed by atoms with Crippen LogP contribution in [0.5, 0.6) is 0 Å². The summed E-state index contributed by atoms with van der Waals surface area (Å²) in [6.07, 6.45) is 1.16. The molecule has 2 rings (SSSR count). The van der Waals surface area contributed by atoms with Gasteiger partial charge in [0.2, 0.25) is 5.82 Å². The largest absolute Gasteiger partial charge is 0.451 e. The van der Waals surface area contributed by atoms with Crippen molar-refractivity contribution in [1.29, 1.82) is 0 Å². The lowest BCUT2D eigenvalue weighted by Crippen LogP contribution is -2.35. The Morgan fingerprint density at radius 1 is 1.00 bits per heavy atom. The lowest BCUT2D eigenvalue weighted by Gasteiger charge is -2.27. The van der Waals surface area contributed by atoms with Gasteiger partial charge in [-0.1, -0.05) is 19.3 Å². The monoisotopic (exact) mass is 305 g/mol. The van der Waals surface area contributed by atoms with Gasteiger partial charge in [-0.25, -0.2) is 0 Å². The van der Waals surface area contributed by atoms with Crippen LogP contribution in [-0.2, 0) is 19.3 Å². The Bertz CT molecular complexity index is 444. The number of unbranched alkanes of at least 4 members (excludes halogenated alkanes) is 4. The zero-order chi connectivity index (χ0) is 15.3. The van der Waals surface area contributed by atoms with E-state index < -0.39 is 12.0 Å². The number of hydrogen-bond acceptors (Lipinski definition) is 4. The fourth-order valence-corrected chi connectivity index (χ4v) is 2.62. The molecule has 1 aromatic heterocycles. The van der Waals surface area contributed by atoms with Crippen LogP contribution in [-0.4, -0.2) is 39.3 Å². The maximum atomic E-state index is 12.7. The third kappa shape index (κ3) is 4.41. The third-order valence-corrected chi connectivity index (χ3v) is 3.76. The summed E-state index contributed by atoms with van der Waals surface area (Å²) in [5.41, 5.74) is 5.43. The number of halogens is 3. The zero-order valence-corrected chi connectivity index (χ0v) is 12.1. The molecule has 0 saturated carbocycles. The fourth-order valence-electron chi connectivity index (χ4n) is 2.62. The van der Waals surface area contributed by atoms with Crippen molar-refractivity contribution in [1.82, 2.24) is 19.7 Å². The van der Waals surface area contributed by atoms with Crippen molar-refractivity contribution >= 4 is 0 Å². The van der Waals surface area contributed by atoms with Crippen molar-refractivity contribution in [2.75, 3.05) is 19.6 Å². The Hall–Kier alpha value is -1.15. The summed E-state index contributed by atoms with van der Waals surface area (Å²) in [6.45, 7) is 3.02. The Balaban J connectivity index is 1.77. The van der Waals surface area contributed by atoms with Gasteiger partial charge in [-0.3, -0.25) is 4.90 Å². The second kappa shape index (κ2) is 7.22. The van der Waals surface area contributed by atoms with E-state index in [1.807, 2.05) is 0 Å². The van der Waals surface area contributed by atoms with Gasteiger partial charge < -0.3 is 10.3 Å². The molecule has 2 N–H and O–H groups in total. The van der Waals surface area contributed by atoms with Crippen molar-refractivity contribution < 1.29 is 13.2 Å². The fraction of sp³-hybridized carbons (Fsp3) is 0.846. The van der Waals surface area contributed by atoms with Crippen LogP contribution >= 0.6 is 0 Å². The van der Waals surface area contributed by atoms with Gasteiger partial charge in [0.1, 0.15) is 5.82 Å². The van der Waals surface area contributed by atoms with E-state index >= 15 is 0 Å². The number of aromatic nitrogens is 3. The highest BCUT2D eigenvalue weighted by molar-refractivity contribution is 5.02. The smallest absolute Gasteiger partial charge is 0.330 e. The molecule has 2 heterocycles. The van der Waals surface area contributed by atoms with Gasteiger partial charge in [-0.05, 0) is 25.9 Å². The first-order chi connectivity index (χ1) is 10.0. The van der Waals surface area contributed by atoms with Gasteiger partial charge in [0.05, 0.1) is 6.54 Å². The Morgan fingerprint density at radius 2 is 1.71 bits per heavy atom. The third-order valence-electron chi connectivity index (χ3n) is 3.76. The maximum absolute atomic E-state index is 12.7. The van der Waals surface area contributed by atoms with Crippen LogP contribution in [0.1, 0.15) is 43.8 Å². The lowest BCUT2D eigenvalue weighted by atomic mass is 10.1. The Labute approximate surface area is 122 Å². The number of rotatable bonds is 7. The molecule has 0 bridgehead atoms. The molecule has 1 aliphatic heterocycles. The number of fused-ring (bicyclic) bond motifs is 1. The lowest BCUT2D eigenvalue weighted by molar-refractivity contribution is -0.148. The molecule has 0 amide bonds. The summed E-state index contributed by atoms with van der Waals surface area (Å²) in [7, 11) is 0. The molecule has 8 heteroatoms. The maximum Gasteiger partial charge on any atom is 0.451 e. The summed E-state index contributed by atoms with van der Waals surface area (Å²) in [6, 6.07) is 0. The summed E-state index contributed by atoms with van der Waals surface area (Å²) in [4.78, 5) is 2.15. The SMILES string of the molecule is NCCCCCCCN1CCn2c(nnc2C(F)(F)F)C1. The van der Waals surface area contributed by atoms with Crippen LogP contribution in [0.25, 0.3) is 0 Å². The topological polar surface area (TPSA) is 60.0 Å². The Kier molecular flexibility index (Phi) is 5.58. The average molecular weight is 305 g/mol. The molecule has 0 fully saturated rings. The quantitative estimate of drug-likeness (QED) is 0.783. The average Bonchev–Trinajstić information content (AvgIpc) is 2.85. The number of nitrogens with zero attached hydrogens (tertiary/aromatic N) is 4. The molecule has 120 valence electrons. The summed E-state index contributed by atoms with van der Waals surface area (Å²) < 4.78 is 39.3. The number of hydrogen-bond donors (Lipinski definition) is 1. The predicted molar refractivity (Wildman–Crippen MR) is 72.4 cm³/mol. The van der Waals surface area contributed by atoms with Gasteiger partial charge in [-0.2, -0.15) is 13.2 Å². The van der Waals surface area contributed by atoms with E-state index in [1.165, 1.54) is 11.0 Å². The van der Waals surface area contributed by atoms with Gasteiger partial charge in [0, 0.05) is 13.1 Å². The molecule has 0 atom stereocenters. The number of alkyl halides is 3. The normalized spacial score (nSPS) is 16.2. The minimum atomic E-state index is -4.42. The predicted octanol–water partition coefficient (Wildman–Crippen LogP) is 2.02. The minimum Gasteiger partial charge on any atom is -0.330 e. The van der Waals surface area contributed by atoms with Crippen LogP contribution in [0.2, 0.25) is 0 Å². The van der Waals surface area contributed by atoms with Gasteiger partial charge >= 0.3 is 6.18 Å². The summed E-state index contributed by atoms with van der Waals surface area (Å²) in [5.74, 6) is -0.462. The summed E-state index contributed by atoms with van der Waals surface area (Å²) >= 11 is 0. The van der Waals surface area contributed by atoms with Crippen molar-refractivity contribution in [3.8, 4) is 0 Å². The first kappa shape index (κ1) is 16.2. The highest BCUT2D eigenvalue weighted by atomic mass is 19.4. The molecule has 0 spiro atoms. The molecule has 0 aromatic carbocycles. The van der Waals surface area contributed by atoms with E-state index in [9.17, 15) is 13.2 Å². The van der Waals surface area contributed by atoms with Gasteiger partial charge in [0.25, 0.3) is 0 Å². The van der Waals surface area contributed by atoms with Crippen molar-refractivity contribution in [3.05, 3.63) is 11.6 Å². The first-order valence-corrected chi connectivity index (χ1v) is 7.44. The highest BCUT2D eigenvalue weighted by Gasteiger charge is 2.39. The molecule has 1 aromatic rings. The van der Waals surface area contributed by atoms with E-state index in [2.05, 4.69) is 15.1 Å². The van der Waals surface area contributed by atoms with E-state index in [0.29, 0.717) is 25.5 Å². The van der Waals surface area contributed by atoms with Gasteiger partial charge in [0.15, 0.2) is 0 Å². The van der Waals surface area contributed by atoms with Crippen LogP contribution in [0, 0.1) is 0 Å². The molecule has 0 aliphatic carbocycles. The van der Waals surface area contributed by atoms with Crippen molar-refractivity contribution in [3.63, 3.8) is 0 Å².